The number of carbonyl (C=O) groups is 2. The standard InChI is InChI=1S/C24H20N2O3/c1-26(2)20-12-10-17(11-13-20)14-19(15-25)24(28)29-16-23(27)22-9-5-7-18-6-3-4-8-21(18)22/h3-14H,16H2,1-2H3. The minimum absolute atomic E-state index is 0.159. The third kappa shape index (κ3) is 4.69. The summed E-state index contributed by atoms with van der Waals surface area (Å²) in [6, 6.07) is 22.1. The molecule has 3 aromatic rings. The summed E-state index contributed by atoms with van der Waals surface area (Å²) in [5.41, 5.74) is 2.03. The van der Waals surface area contributed by atoms with Gasteiger partial charge in [0, 0.05) is 25.3 Å². The van der Waals surface area contributed by atoms with Crippen molar-refractivity contribution in [1.29, 1.82) is 5.26 Å². The SMILES string of the molecule is CN(C)c1ccc(C=C(C#N)C(=O)OCC(=O)c2cccc3ccccc23)cc1. The zero-order valence-corrected chi connectivity index (χ0v) is 16.3. The molecule has 3 rings (SSSR count). The Kier molecular flexibility index (Phi) is 6.06. The number of nitrogens with zero attached hydrogens (tertiary/aromatic N) is 2. The monoisotopic (exact) mass is 384 g/mol. The number of hydrogen-bond donors (Lipinski definition) is 0. The maximum atomic E-state index is 12.5. The smallest absolute Gasteiger partial charge is 0.349 e. The Morgan fingerprint density at radius 1 is 1.00 bits per heavy atom. The molecule has 0 radical (unpaired) electrons. The summed E-state index contributed by atoms with van der Waals surface area (Å²) in [5, 5.41) is 11.0. The number of rotatable bonds is 6. The third-order valence-corrected chi connectivity index (χ3v) is 4.49. The van der Waals surface area contributed by atoms with Crippen molar-refractivity contribution in [2.24, 2.45) is 0 Å². The summed E-state index contributed by atoms with van der Waals surface area (Å²) in [7, 11) is 3.85. The Bertz CT molecular complexity index is 1120. The van der Waals surface area contributed by atoms with E-state index in [0.717, 1.165) is 16.5 Å². The van der Waals surface area contributed by atoms with Crippen molar-refractivity contribution in [2.75, 3.05) is 25.6 Å². The average Bonchev–Trinajstić information content (AvgIpc) is 2.75. The minimum atomic E-state index is -0.822. The van der Waals surface area contributed by atoms with Crippen LogP contribution in [0, 0.1) is 11.3 Å². The lowest BCUT2D eigenvalue weighted by Crippen LogP contribution is -2.15. The molecule has 0 N–H and O–H groups in total. The van der Waals surface area contributed by atoms with Crippen LogP contribution in [0.3, 0.4) is 0 Å². The summed E-state index contributed by atoms with van der Waals surface area (Å²) in [6.07, 6.45) is 1.45. The van der Waals surface area contributed by atoms with Gasteiger partial charge in [-0.2, -0.15) is 5.26 Å². The summed E-state index contributed by atoms with van der Waals surface area (Å²) in [6.45, 7) is -0.425. The third-order valence-electron chi connectivity index (χ3n) is 4.49. The van der Waals surface area contributed by atoms with E-state index in [-0.39, 0.29) is 11.4 Å². The van der Waals surface area contributed by atoms with E-state index in [4.69, 9.17) is 4.74 Å². The van der Waals surface area contributed by atoms with Crippen molar-refractivity contribution in [3.05, 3.63) is 83.4 Å². The van der Waals surface area contributed by atoms with Crippen LogP contribution in [-0.2, 0) is 9.53 Å². The van der Waals surface area contributed by atoms with Gasteiger partial charge < -0.3 is 9.64 Å². The fourth-order valence-electron chi connectivity index (χ4n) is 2.93. The van der Waals surface area contributed by atoms with Gasteiger partial charge in [0.2, 0.25) is 5.78 Å². The van der Waals surface area contributed by atoms with E-state index in [1.54, 1.807) is 24.3 Å². The zero-order chi connectivity index (χ0) is 20.8. The van der Waals surface area contributed by atoms with E-state index >= 15 is 0 Å². The number of ether oxygens (including phenoxy) is 1. The predicted molar refractivity (Wildman–Crippen MR) is 114 cm³/mol. The highest BCUT2D eigenvalue weighted by Crippen LogP contribution is 2.19. The first-order valence-corrected chi connectivity index (χ1v) is 9.07. The molecule has 0 aromatic heterocycles. The highest BCUT2D eigenvalue weighted by Gasteiger charge is 2.16. The van der Waals surface area contributed by atoms with E-state index in [9.17, 15) is 14.9 Å². The second-order valence-corrected chi connectivity index (χ2v) is 6.68. The maximum Gasteiger partial charge on any atom is 0.349 e. The molecule has 5 nitrogen and oxygen atoms in total. The molecule has 0 saturated heterocycles. The molecule has 3 aromatic carbocycles. The number of esters is 1. The number of nitriles is 1. The number of ketones is 1. The van der Waals surface area contributed by atoms with E-state index in [1.807, 2.05) is 67.5 Å². The van der Waals surface area contributed by atoms with Gasteiger partial charge in [-0.05, 0) is 34.5 Å². The topological polar surface area (TPSA) is 70.4 Å². The molecule has 5 heteroatoms. The van der Waals surface area contributed by atoms with E-state index < -0.39 is 12.6 Å². The first-order valence-electron chi connectivity index (χ1n) is 9.07. The zero-order valence-electron chi connectivity index (χ0n) is 16.3. The number of anilines is 1. The van der Waals surface area contributed by atoms with Crippen LogP contribution in [-0.4, -0.2) is 32.5 Å². The molecule has 0 spiro atoms. The van der Waals surface area contributed by atoms with Crippen LogP contribution in [0.25, 0.3) is 16.8 Å². The first kappa shape index (κ1) is 19.8. The Morgan fingerprint density at radius 3 is 2.38 bits per heavy atom. The van der Waals surface area contributed by atoms with Crippen LogP contribution >= 0.6 is 0 Å². The Balaban J connectivity index is 1.71. The van der Waals surface area contributed by atoms with Gasteiger partial charge in [0.25, 0.3) is 0 Å². The summed E-state index contributed by atoms with van der Waals surface area (Å²) in [4.78, 5) is 26.8. The summed E-state index contributed by atoms with van der Waals surface area (Å²) in [5.74, 6) is -1.14. The Labute approximate surface area is 169 Å². The van der Waals surface area contributed by atoms with Gasteiger partial charge in [-0.25, -0.2) is 4.79 Å². The number of hydrogen-bond acceptors (Lipinski definition) is 5. The maximum absolute atomic E-state index is 12.5. The lowest BCUT2D eigenvalue weighted by atomic mass is 10.0. The molecule has 0 aliphatic carbocycles. The van der Waals surface area contributed by atoms with Crippen molar-refractivity contribution in [1.82, 2.24) is 0 Å². The number of benzene rings is 3. The molecule has 0 aliphatic heterocycles. The molecule has 0 aliphatic rings. The van der Waals surface area contributed by atoms with Crippen LogP contribution in [0.15, 0.2) is 72.3 Å². The Morgan fingerprint density at radius 2 is 1.69 bits per heavy atom. The minimum Gasteiger partial charge on any atom is -0.453 e. The van der Waals surface area contributed by atoms with Gasteiger partial charge in [0.05, 0.1) is 0 Å². The van der Waals surface area contributed by atoms with Crippen LogP contribution in [0.2, 0.25) is 0 Å². The van der Waals surface area contributed by atoms with Gasteiger partial charge in [-0.3, -0.25) is 4.79 Å². The van der Waals surface area contributed by atoms with Crippen LogP contribution in [0.1, 0.15) is 15.9 Å². The molecule has 0 bridgehead atoms. The van der Waals surface area contributed by atoms with Gasteiger partial charge in [-0.1, -0.05) is 54.6 Å². The average molecular weight is 384 g/mol. The number of Topliss-reactive ketones (excluding diaryl/α,β-unsaturated/α-hetero) is 1. The molecule has 0 saturated carbocycles. The fraction of sp³-hybridized carbons (Fsp3) is 0.125. The molecule has 0 amide bonds. The van der Waals surface area contributed by atoms with Gasteiger partial charge in [0.15, 0.2) is 6.61 Å². The van der Waals surface area contributed by atoms with Crippen molar-refractivity contribution in [3.63, 3.8) is 0 Å². The van der Waals surface area contributed by atoms with Crippen molar-refractivity contribution < 1.29 is 14.3 Å². The van der Waals surface area contributed by atoms with Crippen LogP contribution < -0.4 is 4.90 Å². The molecule has 0 atom stereocenters. The number of fused-ring (bicyclic) bond motifs is 1. The molecule has 0 fully saturated rings. The lowest BCUT2D eigenvalue weighted by molar-refractivity contribution is -0.137. The van der Waals surface area contributed by atoms with Gasteiger partial charge >= 0.3 is 5.97 Å². The molecule has 144 valence electrons. The van der Waals surface area contributed by atoms with Crippen LogP contribution in [0.5, 0.6) is 0 Å². The molecular weight excluding hydrogens is 364 g/mol. The quantitative estimate of drug-likeness (QED) is 0.275. The highest BCUT2D eigenvalue weighted by molar-refractivity contribution is 6.09. The van der Waals surface area contributed by atoms with Crippen LogP contribution in [0.4, 0.5) is 5.69 Å². The van der Waals surface area contributed by atoms with Crippen molar-refractivity contribution in [2.45, 2.75) is 0 Å². The van der Waals surface area contributed by atoms with Crippen molar-refractivity contribution in [3.8, 4) is 6.07 Å². The fourth-order valence-corrected chi connectivity index (χ4v) is 2.93. The van der Waals surface area contributed by atoms with Gasteiger partial charge in [0.1, 0.15) is 11.6 Å². The van der Waals surface area contributed by atoms with E-state index in [2.05, 4.69) is 0 Å². The molecule has 29 heavy (non-hydrogen) atoms. The second kappa shape index (κ2) is 8.85. The van der Waals surface area contributed by atoms with E-state index in [0.29, 0.717) is 11.1 Å². The predicted octanol–water partition coefficient (Wildman–Crippen LogP) is 4.24. The highest BCUT2D eigenvalue weighted by atomic mass is 16.5. The lowest BCUT2D eigenvalue weighted by Gasteiger charge is -2.11. The van der Waals surface area contributed by atoms with Crippen molar-refractivity contribution >= 4 is 34.3 Å². The molecule has 0 heterocycles. The normalized spacial score (nSPS) is 11.0. The van der Waals surface area contributed by atoms with Gasteiger partial charge in [-0.15, -0.1) is 0 Å². The van der Waals surface area contributed by atoms with E-state index in [1.165, 1.54) is 6.08 Å². The second-order valence-electron chi connectivity index (χ2n) is 6.68. The summed E-state index contributed by atoms with van der Waals surface area (Å²) < 4.78 is 5.11. The largest absolute Gasteiger partial charge is 0.453 e. The summed E-state index contributed by atoms with van der Waals surface area (Å²) >= 11 is 0. The molecular formula is C24H20N2O3. The molecule has 0 unspecified atom stereocenters. The Hall–Kier alpha value is -3.91. The first-order chi connectivity index (χ1) is 14.0. The number of carbonyl (C=O) groups excluding carboxylic acids is 2.